The van der Waals surface area contributed by atoms with Gasteiger partial charge in [0.15, 0.2) is 11.5 Å². The van der Waals surface area contributed by atoms with Crippen molar-refractivity contribution in [2.75, 3.05) is 19.1 Å². The Kier molecular flexibility index (Phi) is 6.02. The van der Waals surface area contributed by atoms with Gasteiger partial charge in [0.05, 0.1) is 0 Å². The maximum absolute atomic E-state index is 5.72. The van der Waals surface area contributed by atoms with Crippen LogP contribution in [0.15, 0.2) is 31.0 Å². The van der Waals surface area contributed by atoms with Crippen LogP contribution in [0.4, 0.5) is 0 Å². The number of alkyl halides is 1. The molecule has 1 aromatic rings. The Labute approximate surface area is 124 Å². The molecular weight excluding hydrogens is 280 g/mol. The number of hydrogen-bond acceptors (Lipinski definition) is 4. The van der Waals surface area contributed by atoms with E-state index in [0.29, 0.717) is 19.1 Å². The maximum atomic E-state index is 5.72. The van der Waals surface area contributed by atoms with Gasteiger partial charge in [-0.1, -0.05) is 18.7 Å². The lowest BCUT2D eigenvalue weighted by molar-refractivity contribution is -0.288. The molecular formula is C15H19ClO4. The van der Waals surface area contributed by atoms with Crippen LogP contribution in [-0.4, -0.2) is 19.1 Å². The third kappa shape index (κ3) is 3.81. The van der Waals surface area contributed by atoms with Gasteiger partial charge in [-0.05, 0) is 25.3 Å². The van der Waals surface area contributed by atoms with Crippen LogP contribution in [0.5, 0.6) is 11.5 Å². The first-order valence-corrected chi connectivity index (χ1v) is 7.27. The van der Waals surface area contributed by atoms with Crippen molar-refractivity contribution in [2.24, 2.45) is 0 Å². The average Bonchev–Trinajstić information content (AvgIpc) is 2.50. The molecule has 0 radical (unpaired) electrons. The smallest absolute Gasteiger partial charge is 0.167 e. The van der Waals surface area contributed by atoms with Gasteiger partial charge in [0.25, 0.3) is 0 Å². The van der Waals surface area contributed by atoms with E-state index in [4.69, 9.17) is 30.8 Å². The topological polar surface area (TPSA) is 36.9 Å². The van der Waals surface area contributed by atoms with E-state index in [0.717, 1.165) is 36.3 Å². The molecule has 1 unspecified atom stereocenters. The van der Waals surface area contributed by atoms with Gasteiger partial charge < -0.3 is 14.4 Å². The first-order chi connectivity index (χ1) is 9.86. The van der Waals surface area contributed by atoms with Crippen molar-refractivity contribution in [3.05, 3.63) is 36.6 Å². The normalized spacial score (nSPS) is 14.7. The number of rotatable bonds is 8. The minimum Gasteiger partial charge on any atom is -0.486 e. The Morgan fingerprint density at radius 2 is 2.15 bits per heavy atom. The van der Waals surface area contributed by atoms with E-state index in [1.165, 1.54) is 6.26 Å². The highest BCUT2D eigenvalue weighted by Crippen LogP contribution is 2.39. The SMILES string of the molecule is C=COOC(CCCCCl)c1cccc2c1OCCO2. The van der Waals surface area contributed by atoms with Crippen LogP contribution < -0.4 is 9.47 Å². The highest BCUT2D eigenvalue weighted by Gasteiger charge is 2.23. The summed E-state index contributed by atoms with van der Waals surface area (Å²) < 4.78 is 11.3. The molecule has 1 atom stereocenters. The van der Waals surface area contributed by atoms with Crippen molar-refractivity contribution >= 4 is 11.6 Å². The number of benzene rings is 1. The van der Waals surface area contributed by atoms with Crippen LogP contribution in [0.2, 0.25) is 0 Å². The summed E-state index contributed by atoms with van der Waals surface area (Å²) in [7, 11) is 0. The summed E-state index contributed by atoms with van der Waals surface area (Å²) >= 11 is 5.72. The number of fused-ring (bicyclic) bond motifs is 1. The molecule has 1 heterocycles. The fourth-order valence-corrected chi connectivity index (χ4v) is 2.32. The molecule has 0 spiro atoms. The summed E-state index contributed by atoms with van der Waals surface area (Å²) in [6.45, 7) is 4.60. The molecule has 0 saturated carbocycles. The number of hydrogen-bond donors (Lipinski definition) is 0. The van der Waals surface area contributed by atoms with Crippen molar-refractivity contribution in [2.45, 2.75) is 25.4 Å². The standard InChI is InChI=1S/C15H19ClO4/c1-2-19-20-13(7-3-4-9-16)12-6-5-8-14-15(12)18-11-10-17-14/h2,5-6,8,13H,1,3-4,7,9-11H2. The summed E-state index contributed by atoms with van der Waals surface area (Å²) in [5.41, 5.74) is 0.929. The summed E-state index contributed by atoms with van der Waals surface area (Å²) in [5.74, 6) is 2.13. The molecule has 5 heteroatoms. The summed E-state index contributed by atoms with van der Waals surface area (Å²) in [5, 5.41) is 0. The lowest BCUT2D eigenvalue weighted by Crippen LogP contribution is -2.18. The predicted molar refractivity (Wildman–Crippen MR) is 77.1 cm³/mol. The van der Waals surface area contributed by atoms with Crippen LogP contribution in [0, 0.1) is 0 Å². The molecule has 0 N–H and O–H groups in total. The molecule has 0 amide bonds. The van der Waals surface area contributed by atoms with Crippen LogP contribution in [0.1, 0.15) is 30.9 Å². The first kappa shape index (κ1) is 15.0. The average molecular weight is 299 g/mol. The number of ether oxygens (including phenoxy) is 2. The van der Waals surface area contributed by atoms with Crippen molar-refractivity contribution in [1.82, 2.24) is 0 Å². The van der Waals surface area contributed by atoms with Crippen molar-refractivity contribution in [3.8, 4) is 11.5 Å². The Balaban J connectivity index is 2.16. The van der Waals surface area contributed by atoms with Gasteiger partial charge in [0.2, 0.25) is 0 Å². The van der Waals surface area contributed by atoms with E-state index in [1.54, 1.807) is 0 Å². The summed E-state index contributed by atoms with van der Waals surface area (Å²) in [6, 6.07) is 5.78. The van der Waals surface area contributed by atoms with Crippen molar-refractivity contribution in [1.29, 1.82) is 0 Å². The second kappa shape index (κ2) is 8.02. The minimum absolute atomic E-state index is 0.229. The molecule has 0 aliphatic carbocycles. The zero-order valence-electron chi connectivity index (χ0n) is 11.3. The van der Waals surface area contributed by atoms with E-state index in [2.05, 4.69) is 6.58 Å². The van der Waals surface area contributed by atoms with Crippen LogP contribution in [-0.2, 0) is 9.78 Å². The molecule has 1 aliphatic heterocycles. The van der Waals surface area contributed by atoms with Crippen LogP contribution in [0.3, 0.4) is 0 Å². The van der Waals surface area contributed by atoms with E-state index in [1.807, 2.05) is 18.2 Å². The zero-order chi connectivity index (χ0) is 14.2. The van der Waals surface area contributed by atoms with Gasteiger partial charge >= 0.3 is 0 Å². The monoisotopic (exact) mass is 298 g/mol. The van der Waals surface area contributed by atoms with E-state index in [-0.39, 0.29) is 6.10 Å². The third-order valence-electron chi connectivity index (χ3n) is 3.03. The Bertz CT molecular complexity index is 436. The first-order valence-electron chi connectivity index (χ1n) is 6.74. The fourth-order valence-electron chi connectivity index (χ4n) is 2.14. The van der Waals surface area contributed by atoms with Gasteiger partial charge in [-0.15, -0.1) is 11.6 Å². The largest absolute Gasteiger partial charge is 0.486 e. The summed E-state index contributed by atoms with van der Waals surface area (Å²) in [6.07, 6.45) is 3.70. The highest BCUT2D eigenvalue weighted by atomic mass is 35.5. The summed E-state index contributed by atoms with van der Waals surface area (Å²) in [4.78, 5) is 10.3. The molecule has 20 heavy (non-hydrogen) atoms. The maximum Gasteiger partial charge on any atom is 0.167 e. The molecule has 4 nitrogen and oxygen atoms in total. The van der Waals surface area contributed by atoms with Gasteiger partial charge in [0, 0.05) is 11.4 Å². The molecule has 0 aromatic heterocycles. The van der Waals surface area contributed by atoms with E-state index >= 15 is 0 Å². The van der Waals surface area contributed by atoms with Crippen LogP contribution in [0.25, 0.3) is 0 Å². The second-order valence-corrected chi connectivity index (χ2v) is 4.78. The minimum atomic E-state index is -0.229. The van der Waals surface area contributed by atoms with Gasteiger partial charge in [-0.2, -0.15) is 4.89 Å². The lowest BCUT2D eigenvalue weighted by Gasteiger charge is -2.24. The number of para-hydroxylation sites is 1. The quantitative estimate of drug-likeness (QED) is 0.239. The second-order valence-electron chi connectivity index (χ2n) is 4.40. The van der Waals surface area contributed by atoms with Crippen LogP contribution >= 0.6 is 11.6 Å². The molecule has 110 valence electrons. The third-order valence-corrected chi connectivity index (χ3v) is 3.30. The van der Waals surface area contributed by atoms with E-state index in [9.17, 15) is 0 Å². The highest BCUT2D eigenvalue weighted by molar-refractivity contribution is 6.17. The molecule has 1 aliphatic rings. The molecule has 0 fully saturated rings. The van der Waals surface area contributed by atoms with Gasteiger partial charge in [0.1, 0.15) is 25.6 Å². The van der Waals surface area contributed by atoms with Crippen molar-refractivity contribution in [3.63, 3.8) is 0 Å². The number of halogens is 1. The lowest BCUT2D eigenvalue weighted by atomic mass is 10.0. The molecule has 1 aromatic carbocycles. The predicted octanol–water partition coefficient (Wildman–Crippen LogP) is 4.00. The molecule has 0 saturated heterocycles. The Morgan fingerprint density at radius 3 is 2.95 bits per heavy atom. The van der Waals surface area contributed by atoms with Gasteiger partial charge in [-0.3, -0.25) is 0 Å². The fraction of sp³-hybridized carbons (Fsp3) is 0.467. The Hall–Kier alpha value is -1.39. The molecule has 0 bridgehead atoms. The van der Waals surface area contributed by atoms with Crippen molar-refractivity contribution < 1.29 is 19.2 Å². The van der Waals surface area contributed by atoms with Gasteiger partial charge in [-0.25, -0.2) is 0 Å². The zero-order valence-corrected chi connectivity index (χ0v) is 12.1. The van der Waals surface area contributed by atoms with E-state index < -0.39 is 0 Å². The molecule has 2 rings (SSSR count). The Morgan fingerprint density at radius 1 is 1.30 bits per heavy atom. The number of unbranched alkanes of at least 4 members (excludes halogenated alkanes) is 1.